The Hall–Kier alpha value is 0.217. The SMILES string of the molecule is Brc1ccc(I)nc1.C[14C](C)(O)c1ccc(Br)cn1.C[14C](C)=O.[CH2-]CCC.[Li+]. The Morgan fingerprint density at radius 2 is 1.50 bits per heavy atom. The van der Waals surface area contributed by atoms with Gasteiger partial charge < -0.3 is 16.8 Å². The molecule has 2 aromatic rings. The van der Waals surface area contributed by atoms with E-state index in [1.54, 1.807) is 32.3 Å². The predicted molar refractivity (Wildman–Crippen MR) is 128 cm³/mol. The summed E-state index contributed by atoms with van der Waals surface area (Å²) in [5, 5.41) is 9.50. The van der Waals surface area contributed by atoms with Crippen LogP contribution in [0.4, 0.5) is 0 Å². The minimum absolute atomic E-state index is 0. The Morgan fingerprint density at radius 3 is 1.71 bits per heavy atom. The molecule has 0 radical (unpaired) electrons. The average molecular weight is 626 g/mol. The molecule has 0 aliphatic rings. The maximum Gasteiger partial charge on any atom is 1.00 e. The van der Waals surface area contributed by atoms with Gasteiger partial charge in [-0.15, -0.1) is 0 Å². The molecule has 0 bridgehead atoms. The zero-order chi connectivity index (χ0) is 21.5. The number of carbonyl (C=O) groups is 1. The summed E-state index contributed by atoms with van der Waals surface area (Å²) in [6, 6.07) is 7.57. The molecule has 152 valence electrons. The first kappa shape index (κ1) is 32.9. The summed E-state index contributed by atoms with van der Waals surface area (Å²) in [6.07, 6.45) is 5.73. The van der Waals surface area contributed by atoms with Crippen LogP contribution in [0.5, 0.6) is 0 Å². The molecule has 0 fully saturated rings. The van der Waals surface area contributed by atoms with Gasteiger partial charge >= 0.3 is 18.9 Å². The van der Waals surface area contributed by atoms with E-state index in [1.807, 2.05) is 18.2 Å². The largest absolute Gasteiger partial charge is 1.00 e. The van der Waals surface area contributed by atoms with Crippen molar-refractivity contribution in [3.63, 3.8) is 0 Å². The summed E-state index contributed by atoms with van der Waals surface area (Å²) in [4.78, 5) is 17.5. The Bertz CT molecular complexity index is 607. The first-order valence-electron chi connectivity index (χ1n) is 8.31. The molecule has 1 N–H and O–H groups in total. The molecule has 4 nitrogen and oxygen atoms in total. The van der Waals surface area contributed by atoms with Gasteiger partial charge in [0.1, 0.15) is 15.1 Å². The van der Waals surface area contributed by atoms with Crippen molar-refractivity contribution in [1.82, 2.24) is 9.97 Å². The molecule has 0 saturated heterocycles. The third-order valence-electron chi connectivity index (χ3n) is 2.40. The molecule has 0 aliphatic heterocycles. The average Bonchev–Trinajstić information content (AvgIpc) is 2.57. The zero-order valence-corrected chi connectivity index (χ0v) is 22.8. The van der Waals surface area contributed by atoms with E-state index in [2.05, 4.69) is 78.3 Å². The van der Waals surface area contributed by atoms with Crippen LogP contribution < -0.4 is 18.9 Å². The molecule has 0 atom stereocenters. The van der Waals surface area contributed by atoms with Gasteiger partial charge in [0.15, 0.2) is 0 Å². The third-order valence-corrected chi connectivity index (χ3v) is 3.98. The summed E-state index contributed by atoms with van der Waals surface area (Å²) < 4.78 is 2.97. The number of unbranched alkanes of at least 4 members (excludes halogenated alkanes) is 1. The number of aromatic nitrogens is 2. The van der Waals surface area contributed by atoms with Crippen LogP contribution in [0.2, 0.25) is 0 Å². The van der Waals surface area contributed by atoms with Crippen molar-refractivity contribution in [3.8, 4) is 0 Å². The number of aliphatic hydroxyl groups is 1. The maximum absolute atomic E-state index is 9.50. The van der Waals surface area contributed by atoms with Crippen molar-refractivity contribution in [1.29, 1.82) is 0 Å². The summed E-state index contributed by atoms with van der Waals surface area (Å²) in [7, 11) is 0. The first-order chi connectivity index (χ1) is 12.4. The minimum Gasteiger partial charge on any atom is -0.384 e. The van der Waals surface area contributed by atoms with Gasteiger partial charge in [0.2, 0.25) is 0 Å². The van der Waals surface area contributed by atoms with Gasteiger partial charge in [0.25, 0.3) is 0 Å². The first-order valence-corrected chi connectivity index (χ1v) is 11.0. The van der Waals surface area contributed by atoms with Gasteiger partial charge in [-0.25, -0.2) is 4.98 Å². The van der Waals surface area contributed by atoms with Crippen LogP contribution in [0.15, 0.2) is 45.6 Å². The molecular weight excluding hydrogens is 598 g/mol. The standard InChI is InChI=1S/C8H10BrNO.C5H3BrIN.C4H9.C3H6O.Li/c1-8(2,11)7-4-3-6(9)5-10-7;6-4-1-2-5(7)8-3-4;1-3-4-2;1-3(2)4;/h3-5,11H,1-2H3;1-3H;1,3-4H2,2H3;1-2H3;/q;;-1;;+1/i8+2;;;3+2;. The van der Waals surface area contributed by atoms with E-state index in [1.165, 1.54) is 20.3 Å². The molecule has 8 heteroatoms. The second-order valence-corrected chi connectivity index (χ2v) is 8.92. The number of Topliss-reactive ketones (excluding diaryl/α,β-unsaturated/α-hetero) is 1. The van der Waals surface area contributed by atoms with Crippen molar-refractivity contribution in [3.05, 3.63) is 61.9 Å². The second-order valence-electron chi connectivity index (χ2n) is 5.98. The molecule has 0 saturated carbocycles. The number of hydrogen-bond acceptors (Lipinski definition) is 4. The number of hydrogen-bond donors (Lipinski definition) is 1. The number of pyridine rings is 2. The molecule has 0 aromatic carbocycles. The van der Waals surface area contributed by atoms with Crippen LogP contribution in [0, 0.1) is 10.6 Å². The van der Waals surface area contributed by atoms with Crippen molar-refractivity contribution >= 4 is 60.2 Å². The fourth-order valence-corrected chi connectivity index (χ4v) is 1.88. The number of carbonyl (C=O) groups excluding carboxylic acids is 1. The summed E-state index contributed by atoms with van der Waals surface area (Å²) in [5.41, 5.74) is -0.165. The number of ketones is 1. The van der Waals surface area contributed by atoms with Crippen LogP contribution in [-0.2, 0) is 10.4 Å². The van der Waals surface area contributed by atoms with Gasteiger partial charge in [0, 0.05) is 21.3 Å². The van der Waals surface area contributed by atoms with Gasteiger partial charge in [-0.3, -0.25) is 4.98 Å². The second kappa shape index (κ2) is 19.2. The van der Waals surface area contributed by atoms with Gasteiger partial charge in [-0.1, -0.05) is 13.3 Å². The van der Waals surface area contributed by atoms with Gasteiger partial charge in [-0.2, -0.15) is 6.42 Å². The smallest absolute Gasteiger partial charge is 0.384 e. The molecular formula is C20H28Br2ILiN2O2. The number of rotatable bonds is 2. The molecule has 0 aliphatic carbocycles. The molecule has 2 aromatic heterocycles. The number of halogens is 3. The Morgan fingerprint density at radius 1 is 1.11 bits per heavy atom. The molecule has 28 heavy (non-hydrogen) atoms. The Labute approximate surface area is 212 Å². The normalized spacial score (nSPS) is 9.21. The summed E-state index contributed by atoms with van der Waals surface area (Å²) in [5.74, 6) is 0.167. The fourth-order valence-electron chi connectivity index (χ4n) is 1.10. The quantitative estimate of drug-likeness (QED) is 0.239. The molecule has 0 unspecified atom stereocenters. The monoisotopic (exact) mass is 624 g/mol. The summed E-state index contributed by atoms with van der Waals surface area (Å²) in [6.45, 7) is 12.2. The maximum atomic E-state index is 9.50. The molecule has 0 spiro atoms. The van der Waals surface area contributed by atoms with Crippen LogP contribution in [0.25, 0.3) is 0 Å². The van der Waals surface area contributed by atoms with Crippen molar-refractivity contribution in [2.24, 2.45) is 0 Å². The fraction of sp³-hybridized carbons (Fsp3) is 0.400. The van der Waals surface area contributed by atoms with E-state index in [-0.39, 0.29) is 24.6 Å². The van der Waals surface area contributed by atoms with E-state index >= 15 is 0 Å². The van der Waals surface area contributed by atoms with Crippen LogP contribution in [0.3, 0.4) is 0 Å². The summed E-state index contributed by atoms with van der Waals surface area (Å²) >= 11 is 8.71. The Kier molecular flexibility index (Phi) is 22.5. The third kappa shape index (κ3) is 22.5. The van der Waals surface area contributed by atoms with Crippen LogP contribution >= 0.6 is 54.5 Å². The zero-order valence-electron chi connectivity index (χ0n) is 17.5. The van der Waals surface area contributed by atoms with Crippen LogP contribution in [0.1, 0.15) is 53.2 Å². The Balaban J connectivity index is -0.000000324. The predicted octanol–water partition coefficient (Wildman–Crippen LogP) is 3.74. The van der Waals surface area contributed by atoms with E-state index in [4.69, 9.17) is 0 Å². The van der Waals surface area contributed by atoms with Crippen molar-refractivity contribution < 1.29 is 28.8 Å². The van der Waals surface area contributed by atoms with Gasteiger partial charge in [-0.05, 0) is 106 Å². The van der Waals surface area contributed by atoms with E-state index in [0.717, 1.165) is 19.1 Å². The molecule has 2 rings (SSSR count). The topological polar surface area (TPSA) is 63.1 Å². The van der Waals surface area contributed by atoms with E-state index in [9.17, 15) is 9.90 Å². The minimum atomic E-state index is -0.847. The molecule has 2 heterocycles. The number of nitrogens with zero attached hydrogens (tertiary/aromatic N) is 2. The van der Waals surface area contributed by atoms with Crippen molar-refractivity contribution in [2.75, 3.05) is 0 Å². The van der Waals surface area contributed by atoms with Gasteiger partial charge in [0.05, 0.1) is 5.69 Å². The van der Waals surface area contributed by atoms with E-state index < -0.39 is 5.60 Å². The molecule has 0 amide bonds. The van der Waals surface area contributed by atoms with Crippen LogP contribution in [-0.4, -0.2) is 20.9 Å². The van der Waals surface area contributed by atoms with E-state index in [0.29, 0.717) is 5.69 Å². The van der Waals surface area contributed by atoms with Crippen molar-refractivity contribution in [2.45, 2.75) is 53.1 Å².